The zero-order valence-electron chi connectivity index (χ0n) is 11.4. The van der Waals surface area contributed by atoms with Crippen LogP contribution >= 0.6 is 0 Å². The summed E-state index contributed by atoms with van der Waals surface area (Å²) in [5, 5.41) is 13.0. The maximum atomic E-state index is 11.6. The lowest BCUT2D eigenvalue weighted by Gasteiger charge is -2.07. The summed E-state index contributed by atoms with van der Waals surface area (Å²) in [5.41, 5.74) is 2.43. The number of nitro groups is 1. The van der Waals surface area contributed by atoms with Crippen LogP contribution in [0, 0.1) is 17.0 Å². The second-order valence-electron chi connectivity index (χ2n) is 4.49. The Morgan fingerprint density at radius 1 is 1.14 bits per heavy atom. The largest absolute Gasteiger partial charge is 0.444 e. The van der Waals surface area contributed by atoms with Crippen molar-refractivity contribution in [1.82, 2.24) is 0 Å². The summed E-state index contributed by atoms with van der Waals surface area (Å²) in [4.78, 5) is 21.6. The molecule has 6 nitrogen and oxygen atoms in total. The van der Waals surface area contributed by atoms with Gasteiger partial charge in [-0.25, -0.2) is 4.79 Å². The van der Waals surface area contributed by atoms with Gasteiger partial charge in [0.15, 0.2) is 0 Å². The lowest BCUT2D eigenvalue weighted by molar-refractivity contribution is -0.384. The molecule has 0 bridgehead atoms. The number of hydrogen-bond donors (Lipinski definition) is 1. The summed E-state index contributed by atoms with van der Waals surface area (Å²) < 4.78 is 5.07. The summed E-state index contributed by atoms with van der Waals surface area (Å²) in [6.45, 7) is 2.14. The van der Waals surface area contributed by atoms with Crippen LogP contribution in [0.25, 0.3) is 0 Å². The zero-order chi connectivity index (χ0) is 15.2. The van der Waals surface area contributed by atoms with Crippen molar-refractivity contribution in [3.05, 3.63) is 69.8 Å². The number of amides is 1. The van der Waals surface area contributed by atoms with Gasteiger partial charge in [0.25, 0.3) is 5.69 Å². The molecule has 0 unspecified atom stereocenters. The number of carbonyl (C=O) groups excluding carboxylic acids is 1. The number of aryl methyl sites for hydroxylation is 1. The van der Waals surface area contributed by atoms with Crippen LogP contribution in [0.3, 0.4) is 0 Å². The van der Waals surface area contributed by atoms with Gasteiger partial charge >= 0.3 is 6.09 Å². The molecule has 0 saturated heterocycles. The van der Waals surface area contributed by atoms with Crippen molar-refractivity contribution in [2.24, 2.45) is 0 Å². The molecule has 2 rings (SSSR count). The highest BCUT2D eigenvalue weighted by atomic mass is 16.6. The van der Waals surface area contributed by atoms with Gasteiger partial charge in [0.05, 0.1) is 4.92 Å². The van der Waals surface area contributed by atoms with Gasteiger partial charge in [0, 0.05) is 17.8 Å². The number of rotatable bonds is 4. The third-order valence-electron chi connectivity index (χ3n) is 2.82. The average molecular weight is 286 g/mol. The van der Waals surface area contributed by atoms with Crippen molar-refractivity contribution < 1.29 is 14.5 Å². The number of nitrogens with zero attached hydrogens (tertiary/aromatic N) is 1. The molecule has 0 aliphatic heterocycles. The van der Waals surface area contributed by atoms with Crippen LogP contribution in [0.1, 0.15) is 11.1 Å². The molecule has 0 aliphatic carbocycles. The standard InChI is InChI=1S/C15H14N2O4/c1-11-2-4-12(5-3-11)10-21-15(18)16-13-6-8-14(9-7-13)17(19)20/h2-9H,10H2,1H3,(H,16,18). The van der Waals surface area contributed by atoms with Crippen LogP contribution in [-0.4, -0.2) is 11.0 Å². The topological polar surface area (TPSA) is 81.5 Å². The highest BCUT2D eigenvalue weighted by molar-refractivity contribution is 5.84. The van der Waals surface area contributed by atoms with Gasteiger partial charge in [0.2, 0.25) is 0 Å². The molecule has 0 spiro atoms. The molecule has 0 radical (unpaired) electrons. The fourth-order valence-electron chi connectivity index (χ4n) is 1.65. The van der Waals surface area contributed by atoms with Crippen LogP contribution in [-0.2, 0) is 11.3 Å². The first-order valence-electron chi connectivity index (χ1n) is 6.28. The normalized spacial score (nSPS) is 9.95. The molecule has 2 aromatic carbocycles. The number of nitrogens with one attached hydrogen (secondary N) is 1. The minimum absolute atomic E-state index is 0.0337. The van der Waals surface area contributed by atoms with Crippen LogP contribution in [0.15, 0.2) is 48.5 Å². The van der Waals surface area contributed by atoms with E-state index in [0.29, 0.717) is 5.69 Å². The monoisotopic (exact) mass is 286 g/mol. The Labute approximate surface area is 121 Å². The van der Waals surface area contributed by atoms with Gasteiger partial charge in [0.1, 0.15) is 6.61 Å². The fraction of sp³-hybridized carbons (Fsp3) is 0.133. The van der Waals surface area contributed by atoms with Crippen molar-refractivity contribution in [3.8, 4) is 0 Å². The molecule has 21 heavy (non-hydrogen) atoms. The highest BCUT2D eigenvalue weighted by Gasteiger charge is 2.07. The van der Waals surface area contributed by atoms with Gasteiger partial charge < -0.3 is 4.74 Å². The predicted octanol–water partition coefficient (Wildman–Crippen LogP) is 3.65. The lowest BCUT2D eigenvalue weighted by Crippen LogP contribution is -2.13. The summed E-state index contributed by atoms with van der Waals surface area (Å²) in [7, 11) is 0. The Balaban J connectivity index is 1.86. The predicted molar refractivity (Wildman–Crippen MR) is 78.1 cm³/mol. The molecule has 6 heteroatoms. The lowest BCUT2D eigenvalue weighted by atomic mass is 10.2. The Hall–Kier alpha value is -2.89. The highest BCUT2D eigenvalue weighted by Crippen LogP contribution is 2.15. The van der Waals surface area contributed by atoms with Crippen LogP contribution in [0.4, 0.5) is 16.2 Å². The van der Waals surface area contributed by atoms with Crippen molar-refractivity contribution in [2.75, 3.05) is 5.32 Å². The molecule has 0 aliphatic rings. The Morgan fingerprint density at radius 3 is 2.33 bits per heavy atom. The second kappa shape index (κ2) is 6.51. The number of non-ortho nitro benzene ring substituents is 1. The third-order valence-corrected chi connectivity index (χ3v) is 2.82. The number of ether oxygens (including phenoxy) is 1. The molecule has 0 atom stereocenters. The van der Waals surface area contributed by atoms with Gasteiger partial charge in [-0.15, -0.1) is 0 Å². The first-order valence-corrected chi connectivity index (χ1v) is 6.28. The van der Waals surface area contributed by atoms with Crippen molar-refractivity contribution in [1.29, 1.82) is 0 Å². The average Bonchev–Trinajstić information content (AvgIpc) is 2.47. The quantitative estimate of drug-likeness (QED) is 0.687. The van der Waals surface area contributed by atoms with E-state index in [1.807, 2.05) is 31.2 Å². The van der Waals surface area contributed by atoms with E-state index in [2.05, 4.69) is 5.32 Å². The molecule has 1 N–H and O–H groups in total. The Kier molecular flexibility index (Phi) is 4.50. The van der Waals surface area contributed by atoms with Gasteiger partial charge in [-0.2, -0.15) is 0 Å². The van der Waals surface area contributed by atoms with E-state index in [-0.39, 0.29) is 12.3 Å². The van der Waals surface area contributed by atoms with Crippen LogP contribution in [0.5, 0.6) is 0 Å². The van der Waals surface area contributed by atoms with E-state index in [9.17, 15) is 14.9 Å². The number of nitro benzene ring substituents is 1. The van der Waals surface area contributed by atoms with Crippen molar-refractivity contribution >= 4 is 17.5 Å². The smallest absolute Gasteiger partial charge is 0.411 e. The Morgan fingerprint density at radius 2 is 1.76 bits per heavy atom. The maximum absolute atomic E-state index is 11.6. The van der Waals surface area contributed by atoms with Crippen molar-refractivity contribution in [3.63, 3.8) is 0 Å². The van der Waals surface area contributed by atoms with E-state index in [4.69, 9.17) is 4.74 Å². The molecule has 1 amide bonds. The van der Waals surface area contributed by atoms with E-state index in [1.165, 1.54) is 24.3 Å². The number of anilines is 1. The molecule has 108 valence electrons. The van der Waals surface area contributed by atoms with E-state index < -0.39 is 11.0 Å². The summed E-state index contributed by atoms with van der Waals surface area (Å²) in [6.07, 6.45) is -0.607. The van der Waals surface area contributed by atoms with E-state index in [1.54, 1.807) is 0 Å². The van der Waals surface area contributed by atoms with E-state index >= 15 is 0 Å². The Bertz CT molecular complexity index is 636. The van der Waals surface area contributed by atoms with E-state index in [0.717, 1.165) is 11.1 Å². The molecule has 0 saturated carbocycles. The summed E-state index contributed by atoms with van der Waals surface area (Å²) >= 11 is 0. The number of hydrogen-bond acceptors (Lipinski definition) is 4. The van der Waals surface area contributed by atoms with Crippen LogP contribution in [0.2, 0.25) is 0 Å². The molecule has 2 aromatic rings. The maximum Gasteiger partial charge on any atom is 0.411 e. The number of carbonyl (C=O) groups is 1. The molecule has 0 heterocycles. The third kappa shape index (κ3) is 4.31. The minimum Gasteiger partial charge on any atom is -0.444 e. The summed E-state index contributed by atoms with van der Waals surface area (Å²) in [6, 6.07) is 13.2. The van der Waals surface area contributed by atoms with Crippen molar-refractivity contribution in [2.45, 2.75) is 13.5 Å². The number of benzene rings is 2. The minimum atomic E-state index is -0.607. The summed E-state index contributed by atoms with van der Waals surface area (Å²) in [5.74, 6) is 0. The molecular weight excluding hydrogens is 272 g/mol. The second-order valence-corrected chi connectivity index (χ2v) is 4.49. The van der Waals surface area contributed by atoms with Gasteiger partial charge in [-0.3, -0.25) is 15.4 Å². The zero-order valence-corrected chi connectivity index (χ0v) is 11.4. The van der Waals surface area contributed by atoms with Crippen LogP contribution < -0.4 is 5.32 Å². The molecule has 0 aromatic heterocycles. The first-order chi connectivity index (χ1) is 10.0. The van der Waals surface area contributed by atoms with Gasteiger partial charge in [-0.1, -0.05) is 29.8 Å². The fourth-order valence-corrected chi connectivity index (χ4v) is 1.65. The molecule has 0 fully saturated rings. The first kappa shape index (κ1) is 14.5. The van der Waals surface area contributed by atoms with Gasteiger partial charge in [-0.05, 0) is 24.6 Å². The SMILES string of the molecule is Cc1ccc(COC(=O)Nc2ccc([N+](=O)[O-])cc2)cc1. The molecular formula is C15H14N2O4.